The highest BCUT2D eigenvalue weighted by Gasteiger charge is 1.93. The zero-order chi connectivity index (χ0) is 8.39. The first-order valence-electron chi connectivity index (χ1n) is 3.61. The van der Waals surface area contributed by atoms with Crippen LogP contribution in [0.25, 0.3) is 10.9 Å². The molecular weight excluding hydrogens is 263 g/mol. The van der Waals surface area contributed by atoms with Crippen LogP contribution in [0.3, 0.4) is 0 Å². The van der Waals surface area contributed by atoms with Crippen LogP contribution in [0, 0.1) is 0 Å². The molecule has 0 aliphatic rings. The first-order chi connectivity index (χ1) is 5.90. The molecule has 0 saturated heterocycles. The van der Waals surface area contributed by atoms with Gasteiger partial charge in [-0.05, 0) is 12.1 Å². The summed E-state index contributed by atoms with van der Waals surface area (Å²) in [5.74, 6) is 0. The standard InChI is InChI=1S/C9H7IN2/c10-12-8-5-7-3-1-2-4-9(7)11-6-8/h1-6,12H. The third-order valence-electron chi connectivity index (χ3n) is 1.70. The second-order valence-corrected chi connectivity index (χ2v) is 3.05. The van der Waals surface area contributed by atoms with Crippen LogP contribution in [0.2, 0.25) is 0 Å². The van der Waals surface area contributed by atoms with Crippen LogP contribution < -0.4 is 3.53 Å². The Kier molecular flexibility index (Phi) is 2.12. The molecule has 0 radical (unpaired) electrons. The number of halogens is 1. The summed E-state index contributed by atoms with van der Waals surface area (Å²) in [5.41, 5.74) is 2.07. The average Bonchev–Trinajstić information content (AvgIpc) is 2.17. The molecule has 1 aromatic heterocycles. The van der Waals surface area contributed by atoms with Crippen LogP contribution >= 0.6 is 22.9 Å². The van der Waals surface area contributed by atoms with Crippen molar-refractivity contribution < 1.29 is 0 Å². The maximum Gasteiger partial charge on any atom is 0.0703 e. The second-order valence-electron chi connectivity index (χ2n) is 2.51. The summed E-state index contributed by atoms with van der Waals surface area (Å²) in [7, 11) is 0. The van der Waals surface area contributed by atoms with Crippen molar-refractivity contribution in [3.8, 4) is 0 Å². The van der Waals surface area contributed by atoms with Gasteiger partial charge in [-0.3, -0.25) is 4.98 Å². The molecule has 0 bridgehead atoms. The van der Waals surface area contributed by atoms with E-state index in [9.17, 15) is 0 Å². The maximum atomic E-state index is 4.28. The van der Waals surface area contributed by atoms with Crippen LogP contribution in [0.4, 0.5) is 5.69 Å². The largest absolute Gasteiger partial charge is 0.327 e. The molecule has 2 aromatic rings. The van der Waals surface area contributed by atoms with Crippen LogP contribution in [0.5, 0.6) is 0 Å². The Bertz CT molecular complexity index is 400. The third kappa shape index (κ3) is 1.36. The van der Waals surface area contributed by atoms with Crippen molar-refractivity contribution in [3.05, 3.63) is 36.5 Å². The Morgan fingerprint density at radius 3 is 2.92 bits per heavy atom. The molecule has 0 spiro atoms. The topological polar surface area (TPSA) is 24.9 Å². The first-order valence-corrected chi connectivity index (χ1v) is 4.69. The zero-order valence-corrected chi connectivity index (χ0v) is 8.45. The summed E-state index contributed by atoms with van der Waals surface area (Å²) < 4.78 is 3.03. The van der Waals surface area contributed by atoms with Crippen LogP contribution in [0.1, 0.15) is 0 Å². The number of nitrogens with zero attached hydrogens (tertiary/aromatic N) is 1. The molecule has 12 heavy (non-hydrogen) atoms. The van der Waals surface area contributed by atoms with Crippen LogP contribution in [-0.4, -0.2) is 4.98 Å². The number of rotatable bonds is 1. The van der Waals surface area contributed by atoms with Gasteiger partial charge in [-0.25, -0.2) is 0 Å². The van der Waals surface area contributed by atoms with Crippen molar-refractivity contribution in [1.82, 2.24) is 4.98 Å². The summed E-state index contributed by atoms with van der Waals surface area (Å²) in [4.78, 5) is 4.28. The summed E-state index contributed by atoms with van der Waals surface area (Å²) in [6.07, 6.45) is 1.83. The van der Waals surface area contributed by atoms with Crippen molar-refractivity contribution in [2.24, 2.45) is 0 Å². The van der Waals surface area contributed by atoms with E-state index < -0.39 is 0 Å². The molecule has 1 heterocycles. The van der Waals surface area contributed by atoms with Crippen molar-refractivity contribution in [3.63, 3.8) is 0 Å². The van der Waals surface area contributed by atoms with E-state index in [4.69, 9.17) is 0 Å². The molecule has 60 valence electrons. The fourth-order valence-electron chi connectivity index (χ4n) is 1.12. The number of benzene rings is 1. The van der Waals surface area contributed by atoms with E-state index in [1.165, 1.54) is 5.39 Å². The maximum absolute atomic E-state index is 4.28. The van der Waals surface area contributed by atoms with E-state index >= 15 is 0 Å². The van der Waals surface area contributed by atoms with Gasteiger partial charge in [-0.1, -0.05) is 18.2 Å². The molecule has 0 saturated carbocycles. The lowest BCUT2D eigenvalue weighted by molar-refractivity contribution is 1.42. The smallest absolute Gasteiger partial charge is 0.0703 e. The first kappa shape index (κ1) is 7.79. The Labute approximate surface area is 84.5 Å². The molecule has 2 rings (SSSR count). The minimum atomic E-state index is 1.04. The quantitative estimate of drug-likeness (QED) is 0.636. The van der Waals surface area contributed by atoms with Gasteiger partial charge in [0.1, 0.15) is 0 Å². The van der Waals surface area contributed by atoms with Crippen molar-refractivity contribution in [1.29, 1.82) is 0 Å². The number of hydrogen-bond acceptors (Lipinski definition) is 2. The average molecular weight is 270 g/mol. The third-order valence-corrected chi connectivity index (χ3v) is 2.32. The number of anilines is 1. The van der Waals surface area contributed by atoms with E-state index in [-0.39, 0.29) is 0 Å². The molecular formula is C9H7IN2. The van der Waals surface area contributed by atoms with Gasteiger partial charge in [-0.2, -0.15) is 0 Å². The summed E-state index contributed by atoms with van der Waals surface area (Å²) in [6, 6.07) is 10.1. The van der Waals surface area contributed by atoms with E-state index in [1.54, 1.807) is 0 Å². The van der Waals surface area contributed by atoms with Gasteiger partial charge in [0.05, 0.1) is 40.3 Å². The fourth-order valence-corrected chi connectivity index (χ4v) is 1.42. The van der Waals surface area contributed by atoms with Gasteiger partial charge in [0, 0.05) is 5.39 Å². The van der Waals surface area contributed by atoms with Crippen LogP contribution in [-0.2, 0) is 0 Å². The second kappa shape index (κ2) is 3.26. The summed E-state index contributed by atoms with van der Waals surface area (Å²) in [6.45, 7) is 0. The predicted octanol–water partition coefficient (Wildman–Crippen LogP) is 3.00. The lowest BCUT2D eigenvalue weighted by atomic mass is 10.2. The summed E-state index contributed by atoms with van der Waals surface area (Å²) >= 11 is 2.10. The van der Waals surface area contributed by atoms with Gasteiger partial charge in [-0.15, -0.1) is 0 Å². The lowest BCUT2D eigenvalue weighted by Crippen LogP contribution is -1.82. The number of aromatic nitrogens is 1. The minimum Gasteiger partial charge on any atom is -0.327 e. The molecule has 1 aromatic carbocycles. The van der Waals surface area contributed by atoms with Crippen molar-refractivity contribution >= 4 is 39.5 Å². The summed E-state index contributed by atoms with van der Waals surface area (Å²) in [5, 5.41) is 1.17. The number of pyridine rings is 1. The highest BCUT2D eigenvalue weighted by atomic mass is 127. The highest BCUT2D eigenvalue weighted by Crippen LogP contribution is 2.16. The molecule has 1 N–H and O–H groups in total. The van der Waals surface area contributed by atoms with Gasteiger partial charge in [0.2, 0.25) is 0 Å². The number of hydrogen-bond donors (Lipinski definition) is 1. The monoisotopic (exact) mass is 270 g/mol. The molecule has 0 unspecified atom stereocenters. The molecule has 0 atom stereocenters. The van der Waals surface area contributed by atoms with Gasteiger partial charge >= 0.3 is 0 Å². The van der Waals surface area contributed by atoms with Crippen molar-refractivity contribution in [2.75, 3.05) is 3.53 Å². The van der Waals surface area contributed by atoms with Crippen molar-refractivity contribution in [2.45, 2.75) is 0 Å². The van der Waals surface area contributed by atoms with E-state index in [2.05, 4.69) is 43.5 Å². The Hall–Kier alpha value is -0.840. The Balaban J connectivity index is 2.67. The fraction of sp³-hybridized carbons (Fsp3) is 0. The Morgan fingerprint density at radius 1 is 1.25 bits per heavy atom. The predicted molar refractivity (Wildman–Crippen MR) is 59.4 cm³/mol. The minimum absolute atomic E-state index is 1.04. The molecule has 2 nitrogen and oxygen atoms in total. The highest BCUT2D eigenvalue weighted by molar-refractivity contribution is 14.1. The van der Waals surface area contributed by atoms with Crippen LogP contribution in [0.15, 0.2) is 36.5 Å². The molecule has 0 fully saturated rings. The molecule has 0 aliphatic carbocycles. The normalized spacial score (nSPS) is 10.1. The lowest BCUT2D eigenvalue weighted by Gasteiger charge is -1.99. The number of fused-ring (bicyclic) bond motifs is 1. The van der Waals surface area contributed by atoms with Gasteiger partial charge < -0.3 is 3.53 Å². The number of para-hydroxylation sites is 1. The van der Waals surface area contributed by atoms with E-state index in [0.29, 0.717) is 0 Å². The molecule has 3 heteroatoms. The van der Waals surface area contributed by atoms with E-state index in [0.717, 1.165) is 11.2 Å². The Morgan fingerprint density at radius 2 is 2.08 bits per heavy atom. The zero-order valence-electron chi connectivity index (χ0n) is 6.29. The van der Waals surface area contributed by atoms with E-state index in [1.807, 2.05) is 24.4 Å². The van der Waals surface area contributed by atoms with Gasteiger partial charge in [0.25, 0.3) is 0 Å². The number of nitrogens with one attached hydrogen (secondary N) is 1. The SMILES string of the molecule is INc1cnc2ccccc2c1. The molecule has 0 amide bonds. The van der Waals surface area contributed by atoms with Gasteiger partial charge in [0.15, 0.2) is 0 Å². The molecule has 0 aliphatic heterocycles.